The third kappa shape index (κ3) is 3.34. The van der Waals surface area contributed by atoms with Crippen LogP contribution in [0.5, 0.6) is 0 Å². The number of para-hydroxylation sites is 1. The highest BCUT2D eigenvalue weighted by Gasteiger charge is 2.35. The summed E-state index contributed by atoms with van der Waals surface area (Å²) in [6.07, 6.45) is 2.04. The van der Waals surface area contributed by atoms with Crippen LogP contribution in [0.25, 0.3) is 11.0 Å². The second-order valence-electron chi connectivity index (χ2n) is 6.94. The molecule has 6 heteroatoms. The number of carbonyl (C=O) groups is 2. The first-order valence-electron chi connectivity index (χ1n) is 8.94. The summed E-state index contributed by atoms with van der Waals surface area (Å²) in [5.41, 5.74) is 0.825. The predicted octanol–water partition coefficient (Wildman–Crippen LogP) is 2.76. The van der Waals surface area contributed by atoms with E-state index < -0.39 is 0 Å². The number of carbonyl (C=O) groups excluding carboxylic acids is 2. The summed E-state index contributed by atoms with van der Waals surface area (Å²) in [4.78, 5) is 28.2. The van der Waals surface area contributed by atoms with E-state index in [4.69, 9.17) is 4.42 Å². The van der Waals surface area contributed by atoms with Gasteiger partial charge in [-0.25, -0.2) is 4.79 Å². The van der Waals surface area contributed by atoms with Gasteiger partial charge >= 0.3 is 6.03 Å². The molecule has 1 atom stereocenters. The van der Waals surface area contributed by atoms with E-state index in [1.807, 2.05) is 42.2 Å². The van der Waals surface area contributed by atoms with Gasteiger partial charge < -0.3 is 19.5 Å². The van der Waals surface area contributed by atoms with Crippen LogP contribution in [0.1, 0.15) is 31.6 Å². The number of rotatable bonds is 3. The smallest absolute Gasteiger partial charge is 0.318 e. The van der Waals surface area contributed by atoms with Gasteiger partial charge in [0.25, 0.3) is 0 Å². The minimum atomic E-state index is -0.203. The van der Waals surface area contributed by atoms with Gasteiger partial charge in [0.1, 0.15) is 11.3 Å². The van der Waals surface area contributed by atoms with Gasteiger partial charge in [-0.1, -0.05) is 18.2 Å². The monoisotopic (exact) mass is 341 g/mol. The summed E-state index contributed by atoms with van der Waals surface area (Å²) in [5, 5.41) is 4.03. The quantitative estimate of drug-likeness (QED) is 0.933. The molecule has 1 saturated carbocycles. The number of fused-ring (bicyclic) bond motifs is 1. The van der Waals surface area contributed by atoms with Crippen molar-refractivity contribution in [2.45, 2.75) is 25.8 Å². The third-order valence-corrected chi connectivity index (χ3v) is 5.02. The maximum atomic E-state index is 12.5. The summed E-state index contributed by atoms with van der Waals surface area (Å²) >= 11 is 0. The van der Waals surface area contributed by atoms with Crippen LogP contribution in [0.2, 0.25) is 0 Å². The van der Waals surface area contributed by atoms with Crippen molar-refractivity contribution in [3.63, 3.8) is 0 Å². The van der Waals surface area contributed by atoms with Crippen molar-refractivity contribution >= 4 is 22.9 Å². The predicted molar refractivity (Wildman–Crippen MR) is 94.0 cm³/mol. The summed E-state index contributed by atoms with van der Waals surface area (Å²) < 4.78 is 5.81. The third-order valence-electron chi connectivity index (χ3n) is 5.02. The number of hydrogen-bond donors (Lipinski definition) is 1. The molecule has 1 aliphatic heterocycles. The topological polar surface area (TPSA) is 65.8 Å². The molecule has 0 unspecified atom stereocenters. The molecule has 1 aromatic heterocycles. The molecule has 2 aliphatic rings. The highest BCUT2D eigenvalue weighted by atomic mass is 16.3. The molecule has 1 aromatic carbocycles. The van der Waals surface area contributed by atoms with E-state index in [2.05, 4.69) is 5.32 Å². The van der Waals surface area contributed by atoms with Gasteiger partial charge in [-0.05, 0) is 31.9 Å². The molecule has 0 radical (unpaired) electrons. The largest absolute Gasteiger partial charge is 0.459 e. The molecular formula is C19H23N3O3. The Morgan fingerprint density at radius 2 is 1.80 bits per heavy atom. The van der Waals surface area contributed by atoms with E-state index in [1.54, 1.807) is 4.90 Å². The molecule has 6 nitrogen and oxygen atoms in total. The molecule has 0 spiro atoms. The molecule has 0 bridgehead atoms. The zero-order valence-electron chi connectivity index (χ0n) is 14.4. The number of urea groups is 1. The summed E-state index contributed by atoms with van der Waals surface area (Å²) in [7, 11) is 0. The van der Waals surface area contributed by atoms with Gasteiger partial charge in [-0.2, -0.15) is 0 Å². The Hall–Kier alpha value is -2.50. The van der Waals surface area contributed by atoms with Gasteiger partial charge in [-0.15, -0.1) is 0 Å². The zero-order chi connectivity index (χ0) is 17.4. The van der Waals surface area contributed by atoms with Crippen LogP contribution in [0.4, 0.5) is 4.79 Å². The van der Waals surface area contributed by atoms with E-state index in [1.165, 1.54) is 0 Å². The van der Waals surface area contributed by atoms with Crippen LogP contribution in [-0.4, -0.2) is 47.9 Å². The SMILES string of the molecule is C[C@@H](NC(=O)N1CCN(C(=O)C2CC2)CC1)c1cc2ccccc2o1. The number of amides is 3. The van der Waals surface area contributed by atoms with Crippen molar-refractivity contribution in [2.75, 3.05) is 26.2 Å². The Labute approximate surface area is 146 Å². The van der Waals surface area contributed by atoms with Crippen LogP contribution in [0, 0.1) is 5.92 Å². The van der Waals surface area contributed by atoms with Gasteiger partial charge in [0.2, 0.25) is 5.91 Å². The molecule has 4 rings (SSSR count). The van der Waals surface area contributed by atoms with Crippen molar-refractivity contribution in [2.24, 2.45) is 5.92 Å². The fourth-order valence-corrected chi connectivity index (χ4v) is 3.28. The lowest BCUT2D eigenvalue weighted by atomic mass is 10.2. The van der Waals surface area contributed by atoms with E-state index in [0.29, 0.717) is 26.2 Å². The van der Waals surface area contributed by atoms with Crippen LogP contribution in [0.15, 0.2) is 34.7 Å². The lowest BCUT2D eigenvalue weighted by Crippen LogP contribution is -2.53. The fraction of sp³-hybridized carbons (Fsp3) is 0.474. The van der Waals surface area contributed by atoms with Crippen LogP contribution in [0.3, 0.4) is 0 Å². The number of nitrogens with one attached hydrogen (secondary N) is 1. The van der Waals surface area contributed by atoms with Gasteiger partial charge in [0, 0.05) is 37.5 Å². The molecule has 1 saturated heterocycles. The van der Waals surface area contributed by atoms with Crippen LogP contribution < -0.4 is 5.32 Å². The van der Waals surface area contributed by atoms with Crippen LogP contribution >= 0.6 is 0 Å². The fourth-order valence-electron chi connectivity index (χ4n) is 3.28. The van der Waals surface area contributed by atoms with Crippen molar-refractivity contribution < 1.29 is 14.0 Å². The average molecular weight is 341 g/mol. The van der Waals surface area contributed by atoms with Crippen molar-refractivity contribution in [1.29, 1.82) is 0 Å². The van der Waals surface area contributed by atoms with Gasteiger partial charge in [0.15, 0.2) is 0 Å². The molecule has 2 aromatic rings. The summed E-state index contributed by atoms with van der Waals surface area (Å²) in [6.45, 7) is 4.33. The molecule has 1 N–H and O–H groups in total. The Kier molecular flexibility index (Phi) is 4.11. The van der Waals surface area contributed by atoms with E-state index in [9.17, 15) is 9.59 Å². The first-order valence-corrected chi connectivity index (χ1v) is 8.94. The molecule has 2 heterocycles. The van der Waals surface area contributed by atoms with Gasteiger partial charge in [0.05, 0.1) is 6.04 Å². The van der Waals surface area contributed by atoms with Crippen molar-refractivity contribution in [1.82, 2.24) is 15.1 Å². The maximum absolute atomic E-state index is 12.5. The number of piperazine rings is 1. The Balaban J connectivity index is 1.33. The highest BCUT2D eigenvalue weighted by molar-refractivity contribution is 5.82. The second-order valence-corrected chi connectivity index (χ2v) is 6.94. The molecular weight excluding hydrogens is 318 g/mol. The Bertz CT molecular complexity index is 755. The standard InChI is InChI=1S/C19H23N3O3/c1-13(17-12-15-4-2-3-5-16(15)25-17)20-19(24)22-10-8-21(9-11-22)18(23)14-6-7-14/h2-5,12-14H,6-11H2,1H3,(H,20,24)/t13-/m1/s1. The van der Waals surface area contributed by atoms with Gasteiger partial charge in [-0.3, -0.25) is 4.79 Å². The lowest BCUT2D eigenvalue weighted by molar-refractivity contribution is -0.133. The zero-order valence-corrected chi connectivity index (χ0v) is 14.4. The van der Waals surface area contributed by atoms with E-state index >= 15 is 0 Å². The maximum Gasteiger partial charge on any atom is 0.318 e. The number of furan rings is 1. The highest BCUT2D eigenvalue weighted by Crippen LogP contribution is 2.31. The number of benzene rings is 1. The normalized spacial score (nSPS) is 19.1. The minimum Gasteiger partial charge on any atom is -0.459 e. The average Bonchev–Trinajstić information content (AvgIpc) is 3.39. The number of nitrogens with zero attached hydrogens (tertiary/aromatic N) is 2. The van der Waals surface area contributed by atoms with Crippen molar-refractivity contribution in [3.8, 4) is 0 Å². The Morgan fingerprint density at radius 1 is 1.12 bits per heavy atom. The Morgan fingerprint density at radius 3 is 2.48 bits per heavy atom. The first kappa shape index (κ1) is 16.0. The molecule has 132 valence electrons. The van der Waals surface area contributed by atoms with Crippen LogP contribution in [-0.2, 0) is 4.79 Å². The second kappa shape index (κ2) is 6.43. The van der Waals surface area contributed by atoms with Crippen molar-refractivity contribution in [3.05, 3.63) is 36.1 Å². The molecule has 1 aliphatic carbocycles. The summed E-state index contributed by atoms with van der Waals surface area (Å²) in [6, 6.07) is 9.47. The molecule has 2 fully saturated rings. The number of hydrogen-bond acceptors (Lipinski definition) is 3. The summed E-state index contributed by atoms with van der Waals surface area (Å²) in [5.74, 6) is 1.25. The first-order chi connectivity index (χ1) is 12.1. The van der Waals surface area contributed by atoms with E-state index in [-0.39, 0.29) is 23.9 Å². The lowest BCUT2D eigenvalue weighted by Gasteiger charge is -2.35. The molecule has 25 heavy (non-hydrogen) atoms. The van der Waals surface area contributed by atoms with E-state index in [0.717, 1.165) is 29.6 Å². The molecule has 3 amide bonds. The minimum absolute atomic E-state index is 0.105.